The number of ether oxygens (including phenoxy) is 1. The molecule has 2 heterocycles. The molecule has 124 valence electrons. The van der Waals surface area contributed by atoms with Crippen molar-refractivity contribution >= 4 is 45.1 Å². The molecular formula is C17H15BrN2O3S. The Hall–Kier alpha value is -2.17. The minimum absolute atomic E-state index is 0.00380. The fraction of sp³-hybridized carbons (Fsp3) is 0.235. The normalized spacial score (nSPS) is 11.2. The van der Waals surface area contributed by atoms with Gasteiger partial charge < -0.3 is 9.72 Å². The van der Waals surface area contributed by atoms with Crippen molar-refractivity contribution in [2.24, 2.45) is 0 Å². The van der Waals surface area contributed by atoms with Gasteiger partial charge in [0.1, 0.15) is 11.6 Å². The van der Waals surface area contributed by atoms with Crippen molar-refractivity contribution in [3.8, 4) is 6.07 Å². The van der Waals surface area contributed by atoms with Gasteiger partial charge in [0.25, 0.3) is 0 Å². The maximum absolute atomic E-state index is 12.7. The number of Topliss-reactive ketones (excluding diaryl/α,β-unsaturated/α-hetero) is 1. The van der Waals surface area contributed by atoms with Gasteiger partial charge in [0.2, 0.25) is 5.78 Å². The highest BCUT2D eigenvalue weighted by molar-refractivity contribution is 9.11. The first-order valence-corrected chi connectivity index (χ1v) is 8.78. The number of nitriles is 1. The Kier molecular flexibility index (Phi) is 5.75. The van der Waals surface area contributed by atoms with Crippen molar-refractivity contribution < 1.29 is 14.3 Å². The van der Waals surface area contributed by atoms with Crippen LogP contribution in [0.15, 0.2) is 21.5 Å². The lowest BCUT2D eigenvalue weighted by Gasteiger charge is -2.02. The van der Waals surface area contributed by atoms with Gasteiger partial charge in [0.15, 0.2) is 0 Å². The maximum Gasteiger partial charge on any atom is 0.340 e. The molecule has 0 bridgehead atoms. The third-order valence-corrected chi connectivity index (χ3v) is 4.96. The van der Waals surface area contributed by atoms with E-state index in [4.69, 9.17) is 4.74 Å². The Bertz CT molecular complexity index is 871. The molecule has 2 rings (SSSR count). The summed E-state index contributed by atoms with van der Waals surface area (Å²) in [7, 11) is 0. The van der Waals surface area contributed by atoms with E-state index in [-0.39, 0.29) is 17.9 Å². The fourth-order valence-electron chi connectivity index (χ4n) is 2.32. The molecule has 0 aliphatic carbocycles. The number of hydrogen-bond acceptors (Lipinski definition) is 5. The van der Waals surface area contributed by atoms with Gasteiger partial charge in [-0.3, -0.25) is 4.79 Å². The smallest absolute Gasteiger partial charge is 0.340 e. The summed E-state index contributed by atoms with van der Waals surface area (Å²) in [6, 6.07) is 5.60. The summed E-state index contributed by atoms with van der Waals surface area (Å²) in [5, 5.41) is 9.33. The third kappa shape index (κ3) is 3.66. The van der Waals surface area contributed by atoms with E-state index in [1.165, 1.54) is 17.4 Å². The number of H-pyrrole nitrogens is 1. The Morgan fingerprint density at radius 2 is 2.12 bits per heavy atom. The lowest BCUT2D eigenvalue weighted by atomic mass is 10.0. The largest absolute Gasteiger partial charge is 0.462 e. The Morgan fingerprint density at radius 3 is 2.67 bits per heavy atom. The second-order valence-electron chi connectivity index (χ2n) is 4.99. The third-order valence-electron chi connectivity index (χ3n) is 3.39. The minimum atomic E-state index is -0.479. The lowest BCUT2D eigenvalue weighted by molar-refractivity contribution is 0.0525. The molecule has 0 aromatic carbocycles. The molecule has 0 aliphatic heterocycles. The fourth-order valence-corrected chi connectivity index (χ4v) is 3.68. The van der Waals surface area contributed by atoms with Gasteiger partial charge in [0.05, 0.1) is 21.7 Å². The molecule has 0 unspecified atom stereocenters. The molecule has 0 aliphatic rings. The molecule has 0 saturated heterocycles. The second kappa shape index (κ2) is 7.60. The Labute approximate surface area is 152 Å². The van der Waals surface area contributed by atoms with Gasteiger partial charge >= 0.3 is 5.97 Å². The zero-order valence-corrected chi connectivity index (χ0v) is 15.8. The van der Waals surface area contributed by atoms with Crippen molar-refractivity contribution in [2.45, 2.75) is 20.8 Å². The number of rotatable bonds is 5. The van der Waals surface area contributed by atoms with Gasteiger partial charge in [0, 0.05) is 10.6 Å². The molecule has 7 heteroatoms. The molecule has 2 aromatic rings. The number of nitrogens with zero attached hydrogens (tertiary/aromatic N) is 1. The standard InChI is InChI=1S/C17H15BrN2O3S/c1-4-23-17(22)14-9(2)15(20-10(14)3)16(21)11(8-19)7-12-5-6-13(18)24-12/h5-7,20H,4H2,1-3H3/b11-7+. The summed E-state index contributed by atoms with van der Waals surface area (Å²) in [4.78, 5) is 28.4. The number of aryl methyl sites for hydroxylation is 1. The number of aromatic amines is 1. The molecule has 24 heavy (non-hydrogen) atoms. The molecule has 0 radical (unpaired) electrons. The molecule has 0 saturated carbocycles. The minimum Gasteiger partial charge on any atom is -0.462 e. The van der Waals surface area contributed by atoms with Crippen molar-refractivity contribution in [2.75, 3.05) is 6.61 Å². The first-order chi connectivity index (χ1) is 11.4. The van der Waals surface area contributed by atoms with Crippen LogP contribution in [0.1, 0.15) is 43.9 Å². The van der Waals surface area contributed by atoms with Crippen LogP contribution >= 0.6 is 27.3 Å². The van der Waals surface area contributed by atoms with Crippen molar-refractivity contribution in [1.29, 1.82) is 5.26 Å². The highest BCUT2D eigenvalue weighted by Crippen LogP contribution is 2.26. The Balaban J connectivity index is 2.42. The van der Waals surface area contributed by atoms with Crippen molar-refractivity contribution in [3.63, 3.8) is 0 Å². The van der Waals surface area contributed by atoms with E-state index in [0.29, 0.717) is 16.8 Å². The van der Waals surface area contributed by atoms with Crippen LogP contribution in [0.2, 0.25) is 0 Å². The molecular weight excluding hydrogens is 392 g/mol. The van der Waals surface area contributed by atoms with Crippen LogP contribution in [-0.4, -0.2) is 23.3 Å². The highest BCUT2D eigenvalue weighted by Gasteiger charge is 2.24. The van der Waals surface area contributed by atoms with Gasteiger partial charge in [-0.1, -0.05) is 0 Å². The van der Waals surface area contributed by atoms with E-state index < -0.39 is 11.8 Å². The van der Waals surface area contributed by atoms with E-state index >= 15 is 0 Å². The number of carbonyl (C=O) groups is 2. The van der Waals surface area contributed by atoms with Crippen molar-refractivity contribution in [1.82, 2.24) is 4.98 Å². The zero-order valence-electron chi connectivity index (χ0n) is 13.4. The van der Waals surface area contributed by atoms with E-state index in [2.05, 4.69) is 20.9 Å². The maximum atomic E-state index is 12.7. The van der Waals surface area contributed by atoms with Crippen LogP contribution in [0.3, 0.4) is 0 Å². The first-order valence-electron chi connectivity index (χ1n) is 7.17. The zero-order chi connectivity index (χ0) is 17.9. The van der Waals surface area contributed by atoms with Gasteiger partial charge in [-0.2, -0.15) is 5.26 Å². The molecule has 0 spiro atoms. The van der Waals surface area contributed by atoms with Crippen molar-refractivity contribution in [3.05, 3.63) is 48.9 Å². The second-order valence-corrected chi connectivity index (χ2v) is 7.48. The van der Waals surface area contributed by atoms with Crippen LogP contribution < -0.4 is 0 Å². The number of thiophene rings is 1. The summed E-state index contributed by atoms with van der Waals surface area (Å²) < 4.78 is 5.93. The van der Waals surface area contributed by atoms with Gasteiger partial charge in [-0.25, -0.2) is 4.79 Å². The number of allylic oxidation sites excluding steroid dienone is 1. The van der Waals surface area contributed by atoms with Gasteiger partial charge in [-0.05, 0) is 60.5 Å². The summed E-state index contributed by atoms with van der Waals surface area (Å²) in [6.45, 7) is 5.33. The van der Waals surface area contributed by atoms with E-state index in [9.17, 15) is 14.9 Å². The summed E-state index contributed by atoms with van der Waals surface area (Å²) in [5.41, 5.74) is 1.62. The van der Waals surface area contributed by atoms with Gasteiger partial charge in [-0.15, -0.1) is 11.3 Å². The number of esters is 1. The topological polar surface area (TPSA) is 83.0 Å². The number of halogens is 1. The Morgan fingerprint density at radius 1 is 1.42 bits per heavy atom. The molecule has 5 nitrogen and oxygen atoms in total. The van der Waals surface area contributed by atoms with Crippen LogP contribution in [0.5, 0.6) is 0 Å². The predicted octanol–water partition coefficient (Wildman–Crippen LogP) is 4.42. The van der Waals surface area contributed by atoms with Crippen LogP contribution in [0, 0.1) is 25.2 Å². The van der Waals surface area contributed by atoms with Crippen LogP contribution in [0.4, 0.5) is 0 Å². The number of nitrogens with one attached hydrogen (secondary N) is 1. The average molecular weight is 407 g/mol. The lowest BCUT2D eigenvalue weighted by Crippen LogP contribution is -2.08. The van der Waals surface area contributed by atoms with Crippen LogP contribution in [0.25, 0.3) is 6.08 Å². The summed E-state index contributed by atoms with van der Waals surface area (Å²) >= 11 is 4.77. The quantitative estimate of drug-likeness (QED) is 0.344. The number of aromatic nitrogens is 1. The van der Waals surface area contributed by atoms with Crippen LogP contribution in [-0.2, 0) is 4.74 Å². The SMILES string of the molecule is CCOC(=O)c1c(C)[nH]c(C(=O)/C(C#N)=C/c2ccc(Br)s2)c1C. The molecule has 0 atom stereocenters. The number of hydrogen-bond donors (Lipinski definition) is 1. The summed E-state index contributed by atoms with van der Waals surface area (Å²) in [5.74, 6) is -0.925. The van der Waals surface area contributed by atoms with E-state index in [1.807, 2.05) is 18.2 Å². The number of ketones is 1. The first kappa shape index (κ1) is 18.2. The van der Waals surface area contributed by atoms with E-state index in [0.717, 1.165) is 8.66 Å². The average Bonchev–Trinajstić information content (AvgIpc) is 3.07. The summed E-state index contributed by atoms with van der Waals surface area (Å²) in [6.07, 6.45) is 1.54. The molecule has 0 fully saturated rings. The monoisotopic (exact) mass is 406 g/mol. The van der Waals surface area contributed by atoms with E-state index in [1.54, 1.807) is 20.8 Å². The molecule has 0 amide bonds. The molecule has 1 N–H and O–H groups in total. The predicted molar refractivity (Wildman–Crippen MR) is 96.2 cm³/mol. The molecule has 2 aromatic heterocycles. The highest BCUT2D eigenvalue weighted by atomic mass is 79.9. The number of carbonyl (C=O) groups excluding carboxylic acids is 2.